The van der Waals surface area contributed by atoms with Crippen molar-refractivity contribution in [1.82, 2.24) is 9.80 Å². The third kappa shape index (κ3) is 4.04. The molecule has 1 aliphatic rings. The van der Waals surface area contributed by atoms with Gasteiger partial charge in [-0.3, -0.25) is 4.79 Å². The molecule has 1 aliphatic heterocycles. The molecule has 1 saturated heterocycles. The normalized spacial score (nSPS) is 17.9. The van der Waals surface area contributed by atoms with E-state index in [1.54, 1.807) is 21.6 Å². The zero-order chi connectivity index (χ0) is 15.2. The van der Waals surface area contributed by atoms with E-state index in [0.717, 1.165) is 18.7 Å². The molecule has 0 bridgehead atoms. The summed E-state index contributed by atoms with van der Waals surface area (Å²) >= 11 is 1.71. The van der Waals surface area contributed by atoms with Gasteiger partial charge in [0.15, 0.2) is 0 Å². The molecule has 20 heavy (non-hydrogen) atoms. The van der Waals surface area contributed by atoms with Crippen molar-refractivity contribution in [2.75, 3.05) is 38.7 Å². The molecule has 2 amide bonds. The second kappa shape index (κ2) is 7.76. The van der Waals surface area contributed by atoms with Crippen LogP contribution in [0.5, 0.6) is 0 Å². The minimum absolute atomic E-state index is 0.0227. The number of carbonyl (C=O) groups excluding carboxylic acids is 1. The first-order valence-electron chi connectivity index (χ1n) is 7.19. The first kappa shape index (κ1) is 17.1. The lowest BCUT2D eigenvalue weighted by molar-refractivity contribution is -0.152. The van der Waals surface area contributed by atoms with Crippen molar-refractivity contribution in [3.8, 4) is 0 Å². The van der Waals surface area contributed by atoms with Gasteiger partial charge in [-0.25, -0.2) is 4.79 Å². The first-order chi connectivity index (χ1) is 9.46. The van der Waals surface area contributed by atoms with Crippen LogP contribution in [0.2, 0.25) is 0 Å². The zero-order valence-corrected chi connectivity index (χ0v) is 13.5. The zero-order valence-electron chi connectivity index (χ0n) is 12.7. The predicted octanol–water partition coefficient (Wildman–Crippen LogP) is 2.37. The van der Waals surface area contributed by atoms with Crippen molar-refractivity contribution in [3.05, 3.63) is 0 Å². The highest BCUT2D eigenvalue weighted by Crippen LogP contribution is 2.36. The highest BCUT2D eigenvalue weighted by atomic mass is 32.2. The Balaban J connectivity index is 2.56. The number of rotatable bonds is 6. The molecule has 0 aromatic rings. The van der Waals surface area contributed by atoms with Crippen LogP contribution in [0.1, 0.15) is 32.6 Å². The number of carbonyl (C=O) groups is 2. The minimum Gasteiger partial charge on any atom is -0.481 e. The van der Waals surface area contributed by atoms with Gasteiger partial charge in [0.05, 0.1) is 5.41 Å². The van der Waals surface area contributed by atoms with Crippen molar-refractivity contribution in [1.29, 1.82) is 0 Å². The molecule has 1 fully saturated rings. The summed E-state index contributed by atoms with van der Waals surface area (Å²) in [5.74, 6) is 0.215. The van der Waals surface area contributed by atoms with Gasteiger partial charge >= 0.3 is 12.0 Å². The van der Waals surface area contributed by atoms with E-state index >= 15 is 0 Å². The Kier molecular flexibility index (Phi) is 6.65. The van der Waals surface area contributed by atoms with Crippen LogP contribution in [-0.4, -0.2) is 65.6 Å². The number of likely N-dealkylation sites (tertiary alicyclic amines) is 1. The average Bonchev–Trinajstić information content (AvgIpc) is 2.44. The van der Waals surface area contributed by atoms with E-state index in [4.69, 9.17) is 0 Å². The van der Waals surface area contributed by atoms with Gasteiger partial charge < -0.3 is 14.9 Å². The molecule has 0 spiro atoms. The Morgan fingerprint density at radius 3 is 2.40 bits per heavy atom. The topological polar surface area (TPSA) is 60.9 Å². The van der Waals surface area contributed by atoms with Gasteiger partial charge in [-0.15, -0.1) is 0 Å². The Morgan fingerprint density at radius 1 is 1.35 bits per heavy atom. The predicted molar refractivity (Wildman–Crippen MR) is 82.2 cm³/mol. The van der Waals surface area contributed by atoms with Crippen molar-refractivity contribution in [2.45, 2.75) is 32.6 Å². The lowest BCUT2D eigenvalue weighted by Crippen LogP contribution is -2.50. The van der Waals surface area contributed by atoms with Crippen LogP contribution < -0.4 is 0 Å². The third-order valence-corrected chi connectivity index (χ3v) is 4.72. The van der Waals surface area contributed by atoms with Crippen molar-refractivity contribution < 1.29 is 14.7 Å². The molecule has 0 unspecified atom stereocenters. The van der Waals surface area contributed by atoms with Gasteiger partial charge in [0.2, 0.25) is 0 Å². The molecule has 0 atom stereocenters. The molecular formula is C14H26N2O3S. The van der Waals surface area contributed by atoms with Gasteiger partial charge in [-0.05, 0) is 25.5 Å². The summed E-state index contributed by atoms with van der Waals surface area (Å²) in [6, 6.07) is 0.0227. The molecule has 116 valence electrons. The SMILES string of the molecule is CCCC1(C(=O)O)CCN(C(=O)N(C)CCSC)CC1. The van der Waals surface area contributed by atoms with Crippen LogP contribution in [0.4, 0.5) is 4.79 Å². The van der Waals surface area contributed by atoms with Crippen LogP contribution in [0.15, 0.2) is 0 Å². The van der Waals surface area contributed by atoms with Crippen LogP contribution >= 0.6 is 11.8 Å². The smallest absolute Gasteiger partial charge is 0.319 e. The van der Waals surface area contributed by atoms with E-state index in [2.05, 4.69) is 0 Å². The standard InChI is InChI=1S/C14H26N2O3S/c1-4-5-14(12(17)18)6-8-16(9-7-14)13(19)15(2)10-11-20-3/h4-11H2,1-3H3,(H,17,18). The number of carboxylic acid groups (broad SMARTS) is 1. The summed E-state index contributed by atoms with van der Waals surface area (Å²) in [6.07, 6.45) is 4.72. The number of aliphatic carboxylic acids is 1. The summed E-state index contributed by atoms with van der Waals surface area (Å²) in [5.41, 5.74) is -0.622. The van der Waals surface area contributed by atoms with Gasteiger partial charge in [-0.2, -0.15) is 11.8 Å². The fraction of sp³-hybridized carbons (Fsp3) is 0.857. The maximum atomic E-state index is 12.2. The fourth-order valence-electron chi connectivity index (χ4n) is 2.74. The maximum Gasteiger partial charge on any atom is 0.319 e. The number of carboxylic acids is 1. The highest BCUT2D eigenvalue weighted by Gasteiger charge is 2.41. The molecule has 1 rings (SSSR count). The largest absolute Gasteiger partial charge is 0.481 e. The Hall–Kier alpha value is -0.910. The van der Waals surface area contributed by atoms with Gasteiger partial charge in [0, 0.05) is 32.4 Å². The summed E-state index contributed by atoms with van der Waals surface area (Å²) in [6.45, 7) is 3.84. The van der Waals surface area contributed by atoms with E-state index in [-0.39, 0.29) is 6.03 Å². The minimum atomic E-state index is -0.706. The lowest BCUT2D eigenvalue weighted by Gasteiger charge is -2.40. The van der Waals surface area contributed by atoms with Crippen LogP contribution in [-0.2, 0) is 4.79 Å². The summed E-state index contributed by atoms with van der Waals surface area (Å²) in [5, 5.41) is 9.45. The van der Waals surface area contributed by atoms with Crippen molar-refractivity contribution in [3.63, 3.8) is 0 Å². The number of nitrogens with zero attached hydrogens (tertiary/aromatic N) is 2. The molecule has 0 saturated carbocycles. The second-order valence-electron chi connectivity index (χ2n) is 5.52. The van der Waals surface area contributed by atoms with Crippen LogP contribution in [0.25, 0.3) is 0 Å². The molecular weight excluding hydrogens is 276 g/mol. The number of urea groups is 1. The van der Waals surface area contributed by atoms with E-state index in [1.165, 1.54) is 0 Å². The number of hydrogen-bond acceptors (Lipinski definition) is 3. The van der Waals surface area contributed by atoms with Gasteiger partial charge in [0.1, 0.15) is 0 Å². The van der Waals surface area contributed by atoms with E-state index in [1.807, 2.05) is 20.2 Å². The Morgan fingerprint density at radius 2 is 1.95 bits per heavy atom. The molecule has 0 aromatic heterocycles. The lowest BCUT2D eigenvalue weighted by atomic mass is 9.75. The second-order valence-corrected chi connectivity index (χ2v) is 6.51. The Bertz CT molecular complexity index is 341. The number of piperidine rings is 1. The quantitative estimate of drug-likeness (QED) is 0.818. The van der Waals surface area contributed by atoms with E-state index < -0.39 is 11.4 Å². The maximum absolute atomic E-state index is 12.2. The van der Waals surface area contributed by atoms with E-state index in [9.17, 15) is 14.7 Å². The first-order valence-corrected chi connectivity index (χ1v) is 8.58. The van der Waals surface area contributed by atoms with Gasteiger partial charge in [0.25, 0.3) is 0 Å². The fourth-order valence-corrected chi connectivity index (χ4v) is 3.20. The van der Waals surface area contributed by atoms with Crippen LogP contribution in [0.3, 0.4) is 0 Å². The van der Waals surface area contributed by atoms with Crippen LogP contribution in [0, 0.1) is 5.41 Å². The molecule has 0 aromatic carbocycles. The summed E-state index contributed by atoms with van der Waals surface area (Å²) in [7, 11) is 1.81. The molecule has 5 nitrogen and oxygen atoms in total. The molecule has 0 aliphatic carbocycles. The molecule has 6 heteroatoms. The van der Waals surface area contributed by atoms with Crippen molar-refractivity contribution >= 4 is 23.8 Å². The Labute approximate surface area is 125 Å². The number of thioether (sulfide) groups is 1. The highest BCUT2D eigenvalue weighted by molar-refractivity contribution is 7.98. The monoisotopic (exact) mass is 302 g/mol. The average molecular weight is 302 g/mol. The van der Waals surface area contributed by atoms with Gasteiger partial charge in [-0.1, -0.05) is 13.3 Å². The number of amides is 2. The molecule has 0 radical (unpaired) electrons. The summed E-state index contributed by atoms with van der Waals surface area (Å²) in [4.78, 5) is 27.3. The molecule has 1 N–H and O–H groups in total. The summed E-state index contributed by atoms with van der Waals surface area (Å²) < 4.78 is 0. The molecule has 1 heterocycles. The third-order valence-electron chi connectivity index (χ3n) is 4.13. The van der Waals surface area contributed by atoms with Crippen molar-refractivity contribution in [2.24, 2.45) is 5.41 Å². The number of hydrogen-bond donors (Lipinski definition) is 1. The van der Waals surface area contributed by atoms with E-state index in [0.29, 0.717) is 32.4 Å².